The van der Waals surface area contributed by atoms with E-state index in [-0.39, 0.29) is 6.29 Å². The number of hydrogen-bond donors (Lipinski definition) is 0. The van der Waals surface area contributed by atoms with Gasteiger partial charge in [-0.2, -0.15) is 0 Å². The zero-order valence-corrected chi connectivity index (χ0v) is 22.8. The first kappa shape index (κ1) is 32.4. The van der Waals surface area contributed by atoms with E-state index in [1.807, 2.05) is 0 Å². The maximum absolute atomic E-state index is 5.59. The van der Waals surface area contributed by atoms with Crippen LogP contribution in [0.3, 0.4) is 0 Å². The van der Waals surface area contributed by atoms with E-state index in [0.29, 0.717) is 106 Å². The lowest BCUT2D eigenvalue weighted by molar-refractivity contribution is -0.169. The molecule has 0 spiro atoms. The number of hydrogen-bond acceptors (Lipinski definition) is 10. The van der Waals surface area contributed by atoms with Crippen molar-refractivity contribution in [3.63, 3.8) is 0 Å². The zero-order valence-electron chi connectivity index (χ0n) is 20.6. The molecule has 0 aromatic heterocycles. The van der Waals surface area contributed by atoms with Crippen molar-refractivity contribution in [2.75, 3.05) is 123 Å². The molecule has 0 amide bonds. The van der Waals surface area contributed by atoms with Gasteiger partial charge in [0, 0.05) is 11.0 Å². The second kappa shape index (κ2) is 27.9. The van der Waals surface area contributed by atoms with Gasteiger partial charge in [0.15, 0.2) is 6.29 Å². The van der Waals surface area contributed by atoms with Crippen LogP contribution >= 0.6 is 22.6 Å². The normalized spacial score (nSPS) is 16.3. The fraction of sp³-hybridized carbons (Fsp3) is 1.00. The van der Waals surface area contributed by atoms with Gasteiger partial charge in [0.1, 0.15) is 0 Å². The summed E-state index contributed by atoms with van der Waals surface area (Å²) in [6.45, 7) is 10.4. The monoisotopic (exact) mass is 608 g/mol. The molecule has 1 heterocycles. The van der Waals surface area contributed by atoms with E-state index in [4.69, 9.17) is 47.4 Å². The summed E-state index contributed by atoms with van der Waals surface area (Å²) in [6.07, 6.45) is 3.22. The minimum Gasteiger partial charge on any atom is -0.378 e. The Morgan fingerprint density at radius 2 is 0.824 bits per heavy atom. The number of alkyl halides is 1. The summed E-state index contributed by atoms with van der Waals surface area (Å²) in [5.41, 5.74) is 0. The van der Waals surface area contributed by atoms with Crippen molar-refractivity contribution >= 4 is 22.6 Å². The highest BCUT2D eigenvalue weighted by atomic mass is 127. The molecule has 0 N–H and O–H groups in total. The van der Waals surface area contributed by atoms with E-state index in [2.05, 4.69) is 22.6 Å². The molecule has 204 valence electrons. The second-order valence-corrected chi connectivity index (χ2v) is 8.33. The Labute approximate surface area is 218 Å². The van der Waals surface area contributed by atoms with Crippen LogP contribution in [0.1, 0.15) is 19.3 Å². The van der Waals surface area contributed by atoms with E-state index in [1.165, 1.54) is 6.42 Å². The summed E-state index contributed by atoms with van der Waals surface area (Å²) in [6, 6.07) is 0. The molecule has 1 atom stereocenters. The molecule has 0 radical (unpaired) electrons. The molecule has 0 aromatic carbocycles. The zero-order chi connectivity index (χ0) is 24.2. The Balaban J connectivity index is 1.61. The Morgan fingerprint density at radius 3 is 1.15 bits per heavy atom. The van der Waals surface area contributed by atoms with E-state index in [9.17, 15) is 0 Å². The summed E-state index contributed by atoms with van der Waals surface area (Å²) in [5.74, 6) is 0. The maximum atomic E-state index is 5.59. The minimum absolute atomic E-state index is 0.0567. The van der Waals surface area contributed by atoms with Gasteiger partial charge in [0.25, 0.3) is 0 Å². The quantitative estimate of drug-likeness (QED) is 0.0785. The number of halogens is 1. The SMILES string of the molecule is ICCOCCOCCOCCOCCOCCOCCOCCOCCOC1CCCCO1. The lowest BCUT2D eigenvalue weighted by atomic mass is 10.2. The van der Waals surface area contributed by atoms with Gasteiger partial charge >= 0.3 is 0 Å². The van der Waals surface area contributed by atoms with Gasteiger partial charge in [-0.15, -0.1) is 0 Å². The molecule has 1 rings (SSSR count). The van der Waals surface area contributed by atoms with Crippen molar-refractivity contribution in [1.29, 1.82) is 0 Å². The summed E-state index contributed by atoms with van der Waals surface area (Å²) >= 11 is 2.28. The predicted molar refractivity (Wildman–Crippen MR) is 135 cm³/mol. The van der Waals surface area contributed by atoms with Crippen molar-refractivity contribution in [1.82, 2.24) is 0 Å². The highest BCUT2D eigenvalue weighted by Crippen LogP contribution is 2.13. The van der Waals surface area contributed by atoms with Crippen molar-refractivity contribution in [3.8, 4) is 0 Å². The van der Waals surface area contributed by atoms with Crippen LogP contribution < -0.4 is 0 Å². The molecule has 0 aromatic rings. The van der Waals surface area contributed by atoms with Gasteiger partial charge < -0.3 is 47.4 Å². The Morgan fingerprint density at radius 1 is 0.471 bits per heavy atom. The third-order valence-electron chi connectivity index (χ3n) is 4.49. The van der Waals surface area contributed by atoms with E-state index in [1.54, 1.807) is 0 Å². The van der Waals surface area contributed by atoms with Crippen LogP contribution in [-0.4, -0.2) is 130 Å². The van der Waals surface area contributed by atoms with E-state index < -0.39 is 0 Å². The Hall–Kier alpha value is 0.330. The molecule has 1 unspecified atom stereocenters. The van der Waals surface area contributed by atoms with E-state index >= 15 is 0 Å². The van der Waals surface area contributed by atoms with Crippen LogP contribution in [0.5, 0.6) is 0 Å². The van der Waals surface area contributed by atoms with Crippen LogP contribution in [0.2, 0.25) is 0 Å². The molecule has 1 aliphatic rings. The van der Waals surface area contributed by atoms with Gasteiger partial charge in [-0.1, -0.05) is 22.6 Å². The topological polar surface area (TPSA) is 92.3 Å². The van der Waals surface area contributed by atoms with Crippen molar-refractivity contribution in [2.24, 2.45) is 0 Å². The minimum atomic E-state index is -0.0567. The largest absolute Gasteiger partial charge is 0.378 e. The van der Waals surface area contributed by atoms with Crippen LogP contribution in [0, 0.1) is 0 Å². The van der Waals surface area contributed by atoms with Crippen LogP contribution in [0.4, 0.5) is 0 Å². The third kappa shape index (κ3) is 24.0. The molecule has 11 heteroatoms. The standard InChI is InChI=1S/C23H45IO10/c24-4-6-25-7-8-26-9-10-27-11-12-28-13-14-29-15-16-30-17-18-31-19-20-32-21-22-34-23-3-1-2-5-33-23/h23H,1-22H2. The van der Waals surface area contributed by atoms with Crippen molar-refractivity contribution in [3.05, 3.63) is 0 Å². The lowest BCUT2D eigenvalue weighted by Gasteiger charge is -2.22. The molecule has 34 heavy (non-hydrogen) atoms. The van der Waals surface area contributed by atoms with Crippen LogP contribution in [0.15, 0.2) is 0 Å². The first-order valence-electron chi connectivity index (χ1n) is 12.3. The summed E-state index contributed by atoms with van der Waals surface area (Å²) < 4.78 is 55.5. The molecule has 10 nitrogen and oxygen atoms in total. The van der Waals surface area contributed by atoms with Gasteiger partial charge in [0.05, 0.1) is 112 Å². The smallest absolute Gasteiger partial charge is 0.157 e. The molecule has 0 bridgehead atoms. The highest BCUT2D eigenvalue weighted by Gasteiger charge is 2.13. The first-order chi connectivity index (χ1) is 16.9. The van der Waals surface area contributed by atoms with Gasteiger partial charge in [-0.25, -0.2) is 0 Å². The van der Waals surface area contributed by atoms with Crippen molar-refractivity contribution in [2.45, 2.75) is 25.6 Å². The molecular weight excluding hydrogens is 563 g/mol. The fourth-order valence-electron chi connectivity index (χ4n) is 2.78. The number of rotatable bonds is 27. The summed E-state index contributed by atoms with van der Waals surface area (Å²) in [4.78, 5) is 0. The highest BCUT2D eigenvalue weighted by molar-refractivity contribution is 14.1. The molecular formula is C23H45IO10. The lowest BCUT2D eigenvalue weighted by Crippen LogP contribution is -2.24. The van der Waals surface area contributed by atoms with Crippen molar-refractivity contribution < 1.29 is 47.4 Å². The molecule has 1 fully saturated rings. The Bertz CT molecular complexity index is 389. The second-order valence-electron chi connectivity index (χ2n) is 7.25. The summed E-state index contributed by atoms with van der Waals surface area (Å²) in [5, 5.41) is 0. The number of ether oxygens (including phenoxy) is 10. The third-order valence-corrected chi connectivity index (χ3v) is 4.94. The maximum Gasteiger partial charge on any atom is 0.157 e. The van der Waals surface area contributed by atoms with Gasteiger partial charge in [-0.3, -0.25) is 0 Å². The molecule has 1 saturated heterocycles. The molecule has 0 aliphatic carbocycles. The molecule has 0 saturated carbocycles. The van der Waals surface area contributed by atoms with Gasteiger partial charge in [0.2, 0.25) is 0 Å². The van der Waals surface area contributed by atoms with E-state index in [0.717, 1.165) is 30.5 Å². The average molecular weight is 609 g/mol. The average Bonchev–Trinajstić information content (AvgIpc) is 2.87. The predicted octanol–water partition coefficient (Wildman–Crippen LogP) is 2.10. The van der Waals surface area contributed by atoms with Crippen LogP contribution in [0.25, 0.3) is 0 Å². The first-order valence-corrected chi connectivity index (χ1v) is 13.9. The fourth-order valence-corrected chi connectivity index (χ4v) is 3.09. The Kier molecular flexibility index (Phi) is 26.6. The summed E-state index contributed by atoms with van der Waals surface area (Å²) in [7, 11) is 0. The molecule has 1 aliphatic heterocycles. The van der Waals surface area contributed by atoms with Crippen LogP contribution in [-0.2, 0) is 47.4 Å². The van der Waals surface area contributed by atoms with Gasteiger partial charge in [-0.05, 0) is 19.3 Å².